The molecule has 1 aromatic rings. The molecule has 0 saturated heterocycles. The van der Waals surface area contributed by atoms with Crippen LogP contribution in [0.3, 0.4) is 0 Å². The lowest BCUT2D eigenvalue weighted by molar-refractivity contribution is 0.0955. The van der Waals surface area contributed by atoms with Crippen molar-refractivity contribution in [1.82, 2.24) is 15.6 Å². The molecule has 0 radical (unpaired) electrons. The summed E-state index contributed by atoms with van der Waals surface area (Å²) in [4.78, 5) is 19.8. The summed E-state index contributed by atoms with van der Waals surface area (Å²) in [5.74, 6) is 0.410. The van der Waals surface area contributed by atoms with Gasteiger partial charge in [-0.1, -0.05) is 0 Å². The van der Waals surface area contributed by atoms with Crippen LogP contribution < -0.4 is 16.0 Å². The van der Waals surface area contributed by atoms with Gasteiger partial charge in [0.2, 0.25) is 0 Å². The summed E-state index contributed by atoms with van der Waals surface area (Å²) in [5.41, 5.74) is 1.16. The first kappa shape index (κ1) is 13.3. The van der Waals surface area contributed by atoms with Crippen LogP contribution in [0.25, 0.3) is 0 Å². The number of guanidine groups is 1. The topological polar surface area (TPSA) is 98.6 Å². The zero-order valence-corrected chi connectivity index (χ0v) is 10.7. The third-order valence-electron chi connectivity index (χ3n) is 2.57. The van der Waals surface area contributed by atoms with E-state index in [0.29, 0.717) is 36.8 Å². The van der Waals surface area contributed by atoms with Crippen molar-refractivity contribution in [2.24, 2.45) is 4.99 Å². The van der Waals surface area contributed by atoms with Crippen LogP contribution in [-0.4, -0.2) is 47.7 Å². The van der Waals surface area contributed by atoms with Crippen molar-refractivity contribution in [1.29, 1.82) is 0 Å². The number of aliphatic imine (C=N–C) groups is 1. The van der Waals surface area contributed by atoms with Gasteiger partial charge in [0.05, 0.1) is 30.1 Å². The van der Waals surface area contributed by atoms with Crippen LogP contribution in [0.2, 0.25) is 0 Å². The van der Waals surface area contributed by atoms with E-state index >= 15 is 0 Å². The Morgan fingerprint density at radius 3 is 3.11 bits per heavy atom. The summed E-state index contributed by atoms with van der Waals surface area (Å²) < 4.78 is 0. The molecule has 1 unspecified atom stereocenters. The van der Waals surface area contributed by atoms with E-state index in [1.165, 1.54) is 6.20 Å². The fourth-order valence-electron chi connectivity index (χ4n) is 1.65. The maximum absolute atomic E-state index is 11.7. The highest BCUT2D eigenvalue weighted by molar-refractivity contribution is 5.97. The Hall–Kier alpha value is -2.15. The fourth-order valence-corrected chi connectivity index (χ4v) is 1.65. The third kappa shape index (κ3) is 3.65. The number of carbonyl (C=O) groups is 1. The van der Waals surface area contributed by atoms with E-state index in [1.54, 1.807) is 12.3 Å². The number of carbonyl (C=O) groups excluding carboxylic acids is 1. The number of nitrogens with one attached hydrogen (secondary N) is 3. The highest BCUT2D eigenvalue weighted by Crippen LogP contribution is 2.08. The molecular formula is C12H17N5O2. The molecule has 7 nitrogen and oxygen atoms in total. The fraction of sp³-hybridized carbons (Fsp3) is 0.417. The molecule has 1 aromatic heterocycles. The van der Waals surface area contributed by atoms with Crippen molar-refractivity contribution in [3.63, 3.8) is 0 Å². The maximum Gasteiger partial charge on any atom is 0.252 e. The minimum atomic E-state index is -0.453. The number of amides is 1. The number of hydrogen-bond acceptors (Lipinski definition) is 6. The Kier molecular flexibility index (Phi) is 4.30. The number of nitrogens with zero attached hydrogens (tertiary/aromatic N) is 2. The molecule has 102 valence electrons. The number of aliphatic hydroxyl groups is 1. The van der Waals surface area contributed by atoms with Crippen LogP contribution in [-0.2, 0) is 0 Å². The predicted molar refractivity (Wildman–Crippen MR) is 72.2 cm³/mol. The molecule has 1 aliphatic heterocycles. The Bertz CT molecular complexity index is 489. The molecule has 2 rings (SSSR count). The summed E-state index contributed by atoms with van der Waals surface area (Å²) in [5, 5.41) is 18.0. The van der Waals surface area contributed by atoms with Gasteiger partial charge < -0.3 is 21.1 Å². The number of anilines is 1. The molecule has 0 fully saturated rings. The SMILES string of the molecule is CCNC(=O)c1cncc(NC2=NCC(O)CN2)c1. The normalized spacial score (nSPS) is 18.2. The Morgan fingerprint density at radius 1 is 1.58 bits per heavy atom. The molecule has 0 aliphatic carbocycles. The largest absolute Gasteiger partial charge is 0.389 e. The molecule has 4 N–H and O–H groups in total. The predicted octanol–water partition coefficient (Wildman–Crippen LogP) is -0.437. The standard InChI is InChI=1S/C12H17N5O2/c1-2-14-11(19)8-3-9(5-13-4-8)17-12-15-6-10(18)7-16-12/h3-5,10,18H,2,6-7H2,1H3,(H,14,19)(H2,15,16,17). The highest BCUT2D eigenvalue weighted by Gasteiger charge is 2.12. The summed E-state index contributed by atoms with van der Waals surface area (Å²) in [6.07, 6.45) is 2.67. The Labute approximate surface area is 111 Å². The molecule has 1 atom stereocenters. The molecule has 0 spiro atoms. The summed E-state index contributed by atoms with van der Waals surface area (Å²) in [6.45, 7) is 3.25. The number of aliphatic hydroxyl groups excluding tert-OH is 1. The summed E-state index contributed by atoms with van der Waals surface area (Å²) >= 11 is 0. The maximum atomic E-state index is 11.7. The third-order valence-corrected chi connectivity index (χ3v) is 2.57. The minimum absolute atomic E-state index is 0.160. The monoisotopic (exact) mass is 263 g/mol. The van der Waals surface area contributed by atoms with Crippen LogP contribution >= 0.6 is 0 Å². The quantitative estimate of drug-likeness (QED) is 0.593. The van der Waals surface area contributed by atoms with Crippen LogP contribution in [0.4, 0.5) is 5.69 Å². The molecule has 1 aliphatic rings. The van der Waals surface area contributed by atoms with E-state index in [2.05, 4.69) is 25.9 Å². The van der Waals surface area contributed by atoms with Crippen molar-refractivity contribution < 1.29 is 9.90 Å². The minimum Gasteiger partial charge on any atom is -0.389 e. The lowest BCUT2D eigenvalue weighted by atomic mass is 10.2. The van der Waals surface area contributed by atoms with Crippen LogP contribution in [0.15, 0.2) is 23.5 Å². The van der Waals surface area contributed by atoms with E-state index in [4.69, 9.17) is 0 Å². The average Bonchev–Trinajstić information content (AvgIpc) is 2.42. The molecule has 0 saturated carbocycles. The molecule has 7 heteroatoms. The molecule has 0 bridgehead atoms. The average molecular weight is 263 g/mol. The van der Waals surface area contributed by atoms with Crippen molar-refractivity contribution in [3.05, 3.63) is 24.0 Å². The van der Waals surface area contributed by atoms with Gasteiger partial charge in [0.1, 0.15) is 0 Å². The van der Waals surface area contributed by atoms with Gasteiger partial charge >= 0.3 is 0 Å². The molecule has 19 heavy (non-hydrogen) atoms. The zero-order valence-electron chi connectivity index (χ0n) is 10.7. The number of β-amino-alcohol motifs (C(OH)–C–C–N with tert-alkyl or cyclic N) is 1. The van der Waals surface area contributed by atoms with Gasteiger partial charge in [-0.05, 0) is 13.0 Å². The first-order valence-electron chi connectivity index (χ1n) is 6.15. The molecule has 1 amide bonds. The van der Waals surface area contributed by atoms with E-state index in [-0.39, 0.29) is 5.91 Å². The number of rotatable bonds is 3. The van der Waals surface area contributed by atoms with E-state index in [0.717, 1.165) is 0 Å². The van der Waals surface area contributed by atoms with Crippen LogP contribution in [0.1, 0.15) is 17.3 Å². The van der Waals surface area contributed by atoms with Gasteiger partial charge in [0, 0.05) is 19.3 Å². The second-order valence-corrected chi connectivity index (χ2v) is 4.17. The van der Waals surface area contributed by atoms with Crippen LogP contribution in [0, 0.1) is 0 Å². The van der Waals surface area contributed by atoms with Gasteiger partial charge in [0.25, 0.3) is 5.91 Å². The number of hydrogen-bond donors (Lipinski definition) is 4. The Balaban J connectivity index is 2.05. The van der Waals surface area contributed by atoms with Crippen molar-refractivity contribution in [2.75, 3.05) is 25.0 Å². The lowest BCUT2D eigenvalue weighted by Gasteiger charge is -2.19. The van der Waals surface area contributed by atoms with Gasteiger partial charge in [-0.15, -0.1) is 0 Å². The van der Waals surface area contributed by atoms with Crippen molar-refractivity contribution in [3.8, 4) is 0 Å². The van der Waals surface area contributed by atoms with Gasteiger partial charge in [-0.2, -0.15) is 0 Å². The second-order valence-electron chi connectivity index (χ2n) is 4.17. The van der Waals surface area contributed by atoms with Crippen LogP contribution in [0.5, 0.6) is 0 Å². The van der Waals surface area contributed by atoms with Gasteiger partial charge in [-0.3, -0.25) is 14.8 Å². The van der Waals surface area contributed by atoms with Crippen molar-refractivity contribution in [2.45, 2.75) is 13.0 Å². The lowest BCUT2D eigenvalue weighted by Crippen LogP contribution is -2.42. The highest BCUT2D eigenvalue weighted by atomic mass is 16.3. The van der Waals surface area contributed by atoms with Crippen molar-refractivity contribution >= 4 is 17.6 Å². The zero-order chi connectivity index (χ0) is 13.7. The van der Waals surface area contributed by atoms with E-state index in [1.807, 2.05) is 6.92 Å². The first-order chi connectivity index (χ1) is 9.19. The van der Waals surface area contributed by atoms with Gasteiger partial charge in [-0.25, -0.2) is 0 Å². The summed E-state index contributed by atoms with van der Waals surface area (Å²) in [7, 11) is 0. The summed E-state index contributed by atoms with van der Waals surface area (Å²) in [6, 6.07) is 1.70. The number of pyridine rings is 1. The number of aromatic nitrogens is 1. The molecule has 2 heterocycles. The van der Waals surface area contributed by atoms with Gasteiger partial charge in [0.15, 0.2) is 5.96 Å². The second kappa shape index (κ2) is 6.14. The smallest absolute Gasteiger partial charge is 0.252 e. The van der Waals surface area contributed by atoms with E-state index in [9.17, 15) is 9.90 Å². The molecule has 0 aromatic carbocycles. The first-order valence-corrected chi connectivity index (χ1v) is 6.15. The molecular weight excluding hydrogens is 246 g/mol. The van der Waals surface area contributed by atoms with E-state index < -0.39 is 6.10 Å². The Morgan fingerprint density at radius 2 is 2.42 bits per heavy atom.